The zero-order valence-corrected chi connectivity index (χ0v) is 13.9. The lowest BCUT2D eigenvalue weighted by atomic mass is 9.70. The standard InChI is InChI=1S/C16H29NO3S/c1-21(19,20)15-7-4-6-14(11-15)17-10-9-16(18)8-3-2-5-13(16)12-17/h13-15,18H,2-12H2,1H3. The van der Waals surface area contributed by atoms with E-state index in [1.807, 2.05) is 0 Å². The van der Waals surface area contributed by atoms with Crippen LogP contribution in [0, 0.1) is 5.92 Å². The van der Waals surface area contributed by atoms with Gasteiger partial charge in [0.05, 0.1) is 10.9 Å². The normalized spacial score (nSPS) is 42.5. The summed E-state index contributed by atoms with van der Waals surface area (Å²) in [5.74, 6) is 0.401. The topological polar surface area (TPSA) is 57.6 Å². The van der Waals surface area contributed by atoms with Crippen molar-refractivity contribution in [3.63, 3.8) is 0 Å². The number of fused-ring (bicyclic) bond motifs is 1. The maximum absolute atomic E-state index is 11.8. The van der Waals surface area contributed by atoms with Crippen LogP contribution in [-0.4, -0.2) is 54.7 Å². The molecule has 0 amide bonds. The molecule has 0 aromatic heterocycles. The summed E-state index contributed by atoms with van der Waals surface area (Å²) in [5, 5.41) is 10.6. The number of nitrogens with zero attached hydrogens (tertiary/aromatic N) is 1. The van der Waals surface area contributed by atoms with Crippen molar-refractivity contribution in [2.24, 2.45) is 5.92 Å². The molecule has 1 aliphatic heterocycles. The van der Waals surface area contributed by atoms with E-state index in [1.54, 1.807) is 0 Å². The van der Waals surface area contributed by atoms with E-state index in [0.717, 1.165) is 64.5 Å². The van der Waals surface area contributed by atoms with E-state index in [4.69, 9.17) is 0 Å². The Kier molecular flexibility index (Phi) is 4.37. The number of piperidine rings is 1. The van der Waals surface area contributed by atoms with Crippen molar-refractivity contribution < 1.29 is 13.5 Å². The van der Waals surface area contributed by atoms with Crippen LogP contribution in [0.4, 0.5) is 0 Å². The maximum atomic E-state index is 11.8. The lowest BCUT2D eigenvalue weighted by Gasteiger charge is -2.50. The summed E-state index contributed by atoms with van der Waals surface area (Å²) in [7, 11) is -2.91. The Morgan fingerprint density at radius 3 is 2.67 bits per heavy atom. The Bertz CT molecular complexity index is 478. The molecular formula is C16H29NO3S. The van der Waals surface area contributed by atoms with Gasteiger partial charge < -0.3 is 5.11 Å². The van der Waals surface area contributed by atoms with E-state index in [9.17, 15) is 13.5 Å². The molecule has 2 saturated carbocycles. The molecule has 0 bridgehead atoms. The fourth-order valence-electron chi connectivity index (χ4n) is 4.77. The summed E-state index contributed by atoms with van der Waals surface area (Å²) >= 11 is 0. The van der Waals surface area contributed by atoms with Gasteiger partial charge in [0.2, 0.25) is 0 Å². The molecule has 2 aliphatic carbocycles. The van der Waals surface area contributed by atoms with E-state index in [2.05, 4.69) is 4.90 Å². The molecule has 0 spiro atoms. The molecule has 1 N–H and O–H groups in total. The van der Waals surface area contributed by atoms with E-state index in [-0.39, 0.29) is 5.25 Å². The molecule has 3 fully saturated rings. The number of rotatable bonds is 2. The second kappa shape index (κ2) is 5.82. The molecule has 0 aromatic carbocycles. The molecule has 5 heteroatoms. The van der Waals surface area contributed by atoms with Crippen molar-refractivity contribution in [1.82, 2.24) is 4.90 Å². The SMILES string of the molecule is CS(=O)(=O)C1CCCC(N2CCC3(O)CCCCC3C2)C1. The fourth-order valence-corrected chi connectivity index (χ4v) is 5.94. The van der Waals surface area contributed by atoms with E-state index < -0.39 is 15.4 Å². The minimum absolute atomic E-state index is 0.150. The van der Waals surface area contributed by atoms with Crippen molar-refractivity contribution in [2.45, 2.75) is 74.7 Å². The largest absolute Gasteiger partial charge is 0.390 e. The first kappa shape index (κ1) is 15.8. The zero-order valence-electron chi connectivity index (χ0n) is 13.1. The number of likely N-dealkylation sites (tertiary alicyclic amines) is 1. The van der Waals surface area contributed by atoms with Crippen LogP contribution in [-0.2, 0) is 9.84 Å². The van der Waals surface area contributed by atoms with Crippen LogP contribution in [0.3, 0.4) is 0 Å². The van der Waals surface area contributed by atoms with Crippen LogP contribution in [0.1, 0.15) is 57.8 Å². The molecule has 0 radical (unpaired) electrons. The van der Waals surface area contributed by atoms with Crippen molar-refractivity contribution in [3.8, 4) is 0 Å². The van der Waals surface area contributed by atoms with Crippen molar-refractivity contribution in [1.29, 1.82) is 0 Å². The van der Waals surface area contributed by atoms with E-state index in [1.165, 1.54) is 12.7 Å². The third-order valence-corrected chi connectivity index (χ3v) is 7.82. The monoisotopic (exact) mass is 315 g/mol. The van der Waals surface area contributed by atoms with Gasteiger partial charge in [0.25, 0.3) is 0 Å². The Morgan fingerprint density at radius 1 is 1.10 bits per heavy atom. The minimum Gasteiger partial charge on any atom is -0.390 e. The van der Waals surface area contributed by atoms with Crippen LogP contribution >= 0.6 is 0 Å². The van der Waals surface area contributed by atoms with Gasteiger partial charge in [0.15, 0.2) is 0 Å². The molecule has 122 valence electrons. The van der Waals surface area contributed by atoms with E-state index >= 15 is 0 Å². The van der Waals surface area contributed by atoms with Crippen LogP contribution in [0.15, 0.2) is 0 Å². The Morgan fingerprint density at radius 2 is 1.90 bits per heavy atom. The highest BCUT2D eigenvalue weighted by Gasteiger charge is 2.44. The summed E-state index contributed by atoms with van der Waals surface area (Å²) < 4.78 is 23.7. The number of hydrogen-bond donors (Lipinski definition) is 1. The summed E-state index contributed by atoms with van der Waals surface area (Å²) in [6.45, 7) is 1.91. The molecule has 1 heterocycles. The number of hydrogen-bond acceptors (Lipinski definition) is 4. The van der Waals surface area contributed by atoms with Crippen molar-refractivity contribution in [3.05, 3.63) is 0 Å². The molecule has 3 rings (SSSR count). The average Bonchev–Trinajstić information content (AvgIpc) is 2.45. The van der Waals surface area contributed by atoms with Crippen LogP contribution < -0.4 is 0 Å². The summed E-state index contributed by atoms with van der Waals surface area (Å²) in [6, 6.07) is 0.407. The third-order valence-electron chi connectivity index (χ3n) is 6.18. The lowest BCUT2D eigenvalue weighted by molar-refractivity contribution is -0.104. The van der Waals surface area contributed by atoms with Gasteiger partial charge in [-0.05, 0) is 38.5 Å². The summed E-state index contributed by atoms with van der Waals surface area (Å²) in [4.78, 5) is 2.49. The highest BCUT2D eigenvalue weighted by Crippen LogP contribution is 2.41. The Labute approximate surface area is 128 Å². The van der Waals surface area contributed by atoms with Gasteiger partial charge in [0, 0.05) is 31.3 Å². The highest BCUT2D eigenvalue weighted by molar-refractivity contribution is 7.91. The van der Waals surface area contributed by atoms with Crippen LogP contribution in [0.25, 0.3) is 0 Å². The Hall–Kier alpha value is -0.130. The summed E-state index contributed by atoms with van der Waals surface area (Å²) in [6.07, 6.45) is 10.5. The van der Waals surface area contributed by atoms with Gasteiger partial charge in [-0.25, -0.2) is 8.42 Å². The predicted octanol–water partition coefficient (Wildman–Crippen LogP) is 1.97. The van der Waals surface area contributed by atoms with Crippen LogP contribution in [0.5, 0.6) is 0 Å². The average molecular weight is 315 g/mol. The molecule has 4 nitrogen and oxygen atoms in total. The van der Waals surface area contributed by atoms with Crippen LogP contribution in [0.2, 0.25) is 0 Å². The highest BCUT2D eigenvalue weighted by atomic mass is 32.2. The maximum Gasteiger partial charge on any atom is 0.150 e. The molecule has 21 heavy (non-hydrogen) atoms. The first-order valence-corrected chi connectivity index (χ1v) is 10.5. The Balaban J connectivity index is 1.65. The number of sulfone groups is 1. The zero-order chi connectivity index (χ0) is 15.1. The van der Waals surface area contributed by atoms with Gasteiger partial charge in [-0.1, -0.05) is 19.3 Å². The fraction of sp³-hybridized carbons (Fsp3) is 1.00. The molecule has 3 aliphatic rings. The van der Waals surface area contributed by atoms with Crippen molar-refractivity contribution in [2.75, 3.05) is 19.3 Å². The van der Waals surface area contributed by atoms with Gasteiger partial charge in [-0.2, -0.15) is 0 Å². The smallest absolute Gasteiger partial charge is 0.150 e. The van der Waals surface area contributed by atoms with Crippen molar-refractivity contribution >= 4 is 9.84 Å². The molecule has 4 unspecified atom stereocenters. The molecule has 0 aromatic rings. The quantitative estimate of drug-likeness (QED) is 0.846. The first-order chi connectivity index (χ1) is 9.88. The lowest BCUT2D eigenvalue weighted by Crippen LogP contribution is -2.56. The summed E-state index contributed by atoms with van der Waals surface area (Å²) in [5.41, 5.74) is -0.431. The van der Waals surface area contributed by atoms with Gasteiger partial charge >= 0.3 is 0 Å². The number of aliphatic hydroxyl groups is 1. The third kappa shape index (κ3) is 3.30. The first-order valence-electron chi connectivity index (χ1n) is 8.54. The van der Waals surface area contributed by atoms with Gasteiger partial charge in [0.1, 0.15) is 9.84 Å². The molecular weight excluding hydrogens is 286 g/mol. The predicted molar refractivity (Wildman–Crippen MR) is 84.0 cm³/mol. The second-order valence-electron chi connectivity index (χ2n) is 7.56. The molecule has 4 atom stereocenters. The van der Waals surface area contributed by atoms with E-state index in [0.29, 0.717) is 12.0 Å². The van der Waals surface area contributed by atoms with Gasteiger partial charge in [-0.3, -0.25) is 4.90 Å². The molecule has 1 saturated heterocycles. The van der Waals surface area contributed by atoms with Gasteiger partial charge in [-0.15, -0.1) is 0 Å². The minimum atomic E-state index is -2.91. The second-order valence-corrected chi connectivity index (χ2v) is 9.89.